The van der Waals surface area contributed by atoms with Crippen molar-refractivity contribution in [3.05, 3.63) is 35.4 Å². The number of benzene rings is 1. The number of carbonyl (C=O) groups is 3. The molecule has 1 aromatic carbocycles. The molecule has 1 aromatic rings. The zero-order chi connectivity index (χ0) is 15.1. The SMILES string of the molecule is COC(=O)c1ccc(C2=NN(C)C3C(=O)NC(=O)C23)cc1. The average Bonchev–Trinajstić information content (AvgIpc) is 2.98. The molecule has 2 aliphatic heterocycles. The molecule has 1 saturated heterocycles. The van der Waals surface area contributed by atoms with Crippen LogP contribution in [0.2, 0.25) is 0 Å². The van der Waals surface area contributed by atoms with Crippen LogP contribution in [0.4, 0.5) is 0 Å². The lowest BCUT2D eigenvalue weighted by molar-refractivity contribution is -0.126. The lowest BCUT2D eigenvalue weighted by Gasteiger charge is -2.13. The highest BCUT2D eigenvalue weighted by Gasteiger charge is 2.51. The van der Waals surface area contributed by atoms with Crippen LogP contribution in [0.1, 0.15) is 15.9 Å². The Morgan fingerprint density at radius 2 is 1.90 bits per heavy atom. The summed E-state index contributed by atoms with van der Waals surface area (Å²) >= 11 is 0. The summed E-state index contributed by atoms with van der Waals surface area (Å²) in [6.07, 6.45) is 0. The zero-order valence-electron chi connectivity index (χ0n) is 11.5. The number of esters is 1. The van der Waals surface area contributed by atoms with Crippen LogP contribution in [-0.4, -0.2) is 48.7 Å². The molecule has 2 heterocycles. The van der Waals surface area contributed by atoms with Gasteiger partial charge in [0, 0.05) is 7.05 Å². The van der Waals surface area contributed by atoms with Crippen LogP contribution >= 0.6 is 0 Å². The molecule has 0 saturated carbocycles. The number of imide groups is 1. The number of hydrogen-bond donors (Lipinski definition) is 1. The van der Waals surface area contributed by atoms with Crippen LogP contribution in [0.15, 0.2) is 29.4 Å². The summed E-state index contributed by atoms with van der Waals surface area (Å²) in [4.78, 5) is 35.0. The lowest BCUT2D eigenvalue weighted by atomic mass is 9.92. The molecule has 2 amide bonds. The number of nitrogens with zero attached hydrogens (tertiary/aromatic N) is 2. The number of carbonyl (C=O) groups excluding carboxylic acids is 3. The van der Waals surface area contributed by atoms with E-state index in [2.05, 4.69) is 15.2 Å². The monoisotopic (exact) mass is 287 g/mol. The summed E-state index contributed by atoms with van der Waals surface area (Å²) < 4.78 is 4.63. The molecule has 2 unspecified atom stereocenters. The van der Waals surface area contributed by atoms with Gasteiger partial charge in [0.2, 0.25) is 5.91 Å². The molecule has 0 bridgehead atoms. The van der Waals surface area contributed by atoms with Gasteiger partial charge in [0.05, 0.1) is 18.4 Å². The maximum atomic E-state index is 11.9. The Hall–Kier alpha value is -2.70. The number of likely N-dealkylation sites (N-methyl/N-ethyl adjacent to an activating group) is 1. The first-order valence-electron chi connectivity index (χ1n) is 6.37. The van der Waals surface area contributed by atoms with Crippen LogP contribution in [0.25, 0.3) is 0 Å². The molecule has 21 heavy (non-hydrogen) atoms. The highest BCUT2D eigenvalue weighted by molar-refractivity contribution is 6.23. The Bertz CT molecular complexity index is 665. The number of rotatable bonds is 2. The van der Waals surface area contributed by atoms with Gasteiger partial charge >= 0.3 is 5.97 Å². The van der Waals surface area contributed by atoms with Crippen LogP contribution < -0.4 is 5.32 Å². The minimum absolute atomic E-state index is 0.336. The zero-order valence-corrected chi connectivity index (χ0v) is 11.5. The molecule has 0 aliphatic carbocycles. The molecule has 0 radical (unpaired) electrons. The average molecular weight is 287 g/mol. The largest absolute Gasteiger partial charge is 0.465 e. The van der Waals surface area contributed by atoms with E-state index in [4.69, 9.17) is 0 Å². The molecule has 1 fully saturated rings. The maximum Gasteiger partial charge on any atom is 0.337 e. The molecule has 2 atom stereocenters. The van der Waals surface area contributed by atoms with Crippen LogP contribution in [0.3, 0.4) is 0 Å². The standard InChI is InChI=1S/C14H13N3O4/c1-17-11-9(12(18)15-13(11)19)10(16-17)7-3-5-8(6-4-7)14(20)21-2/h3-6,9,11H,1-2H3,(H,15,18,19). The van der Waals surface area contributed by atoms with Crippen LogP contribution in [-0.2, 0) is 14.3 Å². The van der Waals surface area contributed by atoms with E-state index in [1.54, 1.807) is 31.3 Å². The van der Waals surface area contributed by atoms with Gasteiger partial charge in [-0.2, -0.15) is 5.10 Å². The van der Waals surface area contributed by atoms with Crippen molar-refractivity contribution < 1.29 is 19.1 Å². The number of ether oxygens (including phenoxy) is 1. The number of amides is 2. The van der Waals surface area contributed by atoms with Crippen molar-refractivity contribution in [1.82, 2.24) is 10.3 Å². The third-order valence-corrected chi connectivity index (χ3v) is 3.68. The molecular weight excluding hydrogens is 274 g/mol. The first kappa shape index (κ1) is 13.3. The Morgan fingerprint density at radius 3 is 2.52 bits per heavy atom. The second-order valence-corrected chi connectivity index (χ2v) is 4.90. The van der Waals surface area contributed by atoms with Gasteiger partial charge in [-0.1, -0.05) is 12.1 Å². The first-order valence-corrected chi connectivity index (χ1v) is 6.37. The fourth-order valence-corrected chi connectivity index (χ4v) is 2.65. The Morgan fingerprint density at radius 1 is 1.24 bits per heavy atom. The first-order chi connectivity index (χ1) is 10.0. The second-order valence-electron chi connectivity index (χ2n) is 4.90. The predicted molar refractivity (Wildman–Crippen MR) is 72.5 cm³/mol. The van der Waals surface area contributed by atoms with Gasteiger partial charge in [0.1, 0.15) is 12.0 Å². The van der Waals surface area contributed by atoms with Crippen molar-refractivity contribution in [2.45, 2.75) is 6.04 Å². The van der Waals surface area contributed by atoms with E-state index in [1.807, 2.05) is 0 Å². The Kier molecular flexibility index (Phi) is 2.97. The minimum atomic E-state index is -0.605. The van der Waals surface area contributed by atoms with Crippen molar-refractivity contribution in [1.29, 1.82) is 0 Å². The third kappa shape index (κ3) is 1.97. The number of methoxy groups -OCH3 is 1. The summed E-state index contributed by atoms with van der Waals surface area (Å²) in [5, 5.41) is 8.10. The van der Waals surface area contributed by atoms with Crippen molar-refractivity contribution >= 4 is 23.5 Å². The molecule has 3 rings (SSSR count). The minimum Gasteiger partial charge on any atom is -0.465 e. The van der Waals surface area contributed by atoms with Crippen molar-refractivity contribution in [3.8, 4) is 0 Å². The lowest BCUT2D eigenvalue weighted by Crippen LogP contribution is -2.35. The van der Waals surface area contributed by atoms with E-state index in [0.717, 1.165) is 0 Å². The Balaban J connectivity index is 1.94. The van der Waals surface area contributed by atoms with Gasteiger partial charge in [-0.15, -0.1) is 0 Å². The van der Waals surface area contributed by atoms with Crippen molar-refractivity contribution in [2.75, 3.05) is 14.2 Å². The van der Waals surface area contributed by atoms with Crippen molar-refractivity contribution in [3.63, 3.8) is 0 Å². The number of nitrogens with one attached hydrogen (secondary N) is 1. The normalized spacial score (nSPS) is 23.7. The Labute approximate surface area is 120 Å². The van der Waals surface area contributed by atoms with E-state index in [0.29, 0.717) is 16.8 Å². The number of hydrazone groups is 1. The second kappa shape index (κ2) is 4.69. The van der Waals surface area contributed by atoms with E-state index in [9.17, 15) is 14.4 Å². The highest BCUT2D eigenvalue weighted by atomic mass is 16.5. The van der Waals surface area contributed by atoms with E-state index in [-0.39, 0.29) is 11.8 Å². The molecule has 7 heteroatoms. The fourth-order valence-electron chi connectivity index (χ4n) is 2.65. The van der Waals surface area contributed by atoms with Gasteiger partial charge in [-0.25, -0.2) is 4.79 Å². The molecule has 7 nitrogen and oxygen atoms in total. The summed E-state index contributed by atoms with van der Waals surface area (Å²) in [6.45, 7) is 0. The summed E-state index contributed by atoms with van der Waals surface area (Å²) in [5.41, 5.74) is 1.64. The molecule has 0 aromatic heterocycles. The highest BCUT2D eigenvalue weighted by Crippen LogP contribution is 2.29. The van der Waals surface area contributed by atoms with Crippen LogP contribution in [0, 0.1) is 5.92 Å². The quantitative estimate of drug-likeness (QED) is 0.599. The number of hydrogen-bond acceptors (Lipinski definition) is 6. The van der Waals surface area contributed by atoms with Gasteiger partial charge in [-0.05, 0) is 17.7 Å². The number of fused-ring (bicyclic) bond motifs is 1. The summed E-state index contributed by atoms with van der Waals surface area (Å²) in [5.74, 6) is -1.72. The predicted octanol–water partition coefficient (Wildman–Crippen LogP) is -0.236. The summed E-state index contributed by atoms with van der Waals surface area (Å²) in [7, 11) is 2.97. The summed E-state index contributed by atoms with van der Waals surface area (Å²) in [6, 6.07) is 6.00. The molecule has 2 aliphatic rings. The molecule has 0 spiro atoms. The maximum absolute atomic E-state index is 11.9. The van der Waals surface area contributed by atoms with Gasteiger partial charge in [0.15, 0.2) is 0 Å². The van der Waals surface area contributed by atoms with Crippen molar-refractivity contribution in [2.24, 2.45) is 11.0 Å². The molecular formula is C14H13N3O4. The van der Waals surface area contributed by atoms with E-state index >= 15 is 0 Å². The third-order valence-electron chi connectivity index (χ3n) is 3.68. The fraction of sp³-hybridized carbons (Fsp3) is 0.286. The molecule has 108 valence electrons. The smallest absolute Gasteiger partial charge is 0.337 e. The van der Waals surface area contributed by atoms with Gasteiger partial charge < -0.3 is 4.74 Å². The van der Waals surface area contributed by atoms with E-state index < -0.39 is 17.9 Å². The van der Waals surface area contributed by atoms with E-state index in [1.165, 1.54) is 12.1 Å². The van der Waals surface area contributed by atoms with Gasteiger partial charge in [0.25, 0.3) is 5.91 Å². The van der Waals surface area contributed by atoms with Gasteiger partial charge in [-0.3, -0.25) is 19.9 Å². The van der Waals surface area contributed by atoms with Crippen LogP contribution in [0.5, 0.6) is 0 Å². The topological polar surface area (TPSA) is 88.1 Å². The molecule has 1 N–H and O–H groups in total.